The summed E-state index contributed by atoms with van der Waals surface area (Å²) in [4.78, 5) is 10.8. The van der Waals surface area contributed by atoms with Crippen LogP contribution in [0.1, 0.15) is 12.8 Å². The van der Waals surface area contributed by atoms with Crippen LogP contribution in [0.4, 0.5) is 20.5 Å². The van der Waals surface area contributed by atoms with Gasteiger partial charge < -0.3 is 19.7 Å². The van der Waals surface area contributed by atoms with Crippen molar-refractivity contribution in [2.24, 2.45) is 0 Å². The summed E-state index contributed by atoms with van der Waals surface area (Å²) in [6.45, 7) is 0.462. The maximum absolute atomic E-state index is 13.4. The quantitative estimate of drug-likeness (QED) is 0.925. The molecule has 130 valence electrons. The van der Waals surface area contributed by atoms with Gasteiger partial charge in [-0.1, -0.05) is 0 Å². The summed E-state index contributed by atoms with van der Waals surface area (Å²) in [5, 5.41) is 3.81. The first-order chi connectivity index (χ1) is 11.5. The van der Waals surface area contributed by atoms with Crippen molar-refractivity contribution in [3.8, 4) is 11.5 Å². The predicted octanol–water partition coefficient (Wildman–Crippen LogP) is 2.92. The van der Waals surface area contributed by atoms with Gasteiger partial charge in [0.2, 0.25) is 5.95 Å². The van der Waals surface area contributed by atoms with Crippen LogP contribution in [0.3, 0.4) is 0 Å². The van der Waals surface area contributed by atoms with E-state index < -0.39 is 5.92 Å². The van der Waals surface area contributed by atoms with Gasteiger partial charge in [0.25, 0.3) is 5.92 Å². The molecule has 1 saturated heterocycles. The third-order valence-electron chi connectivity index (χ3n) is 4.20. The summed E-state index contributed by atoms with van der Waals surface area (Å²) in [6, 6.07) is 3.56. The van der Waals surface area contributed by atoms with Gasteiger partial charge in [0.15, 0.2) is 11.5 Å². The van der Waals surface area contributed by atoms with Crippen LogP contribution in [0.25, 0.3) is 10.9 Å². The van der Waals surface area contributed by atoms with Crippen LogP contribution >= 0.6 is 0 Å². The molecule has 1 aromatic carbocycles. The first-order valence-electron chi connectivity index (χ1n) is 7.72. The van der Waals surface area contributed by atoms with E-state index in [0.717, 1.165) is 5.39 Å². The summed E-state index contributed by atoms with van der Waals surface area (Å²) >= 11 is 0. The average Bonchev–Trinajstić information content (AvgIpc) is 2.59. The Labute approximate surface area is 138 Å². The summed E-state index contributed by atoms with van der Waals surface area (Å²) in [7, 11) is 4.87. The number of ether oxygens (including phenoxy) is 2. The number of fused-ring (bicyclic) bond motifs is 1. The minimum atomic E-state index is -2.60. The zero-order chi connectivity index (χ0) is 17.3. The predicted molar refractivity (Wildman–Crippen MR) is 88.6 cm³/mol. The van der Waals surface area contributed by atoms with Gasteiger partial charge in [-0.05, 0) is 6.07 Å². The average molecular weight is 338 g/mol. The first-order valence-corrected chi connectivity index (χ1v) is 7.72. The molecule has 3 rings (SSSR count). The second-order valence-electron chi connectivity index (χ2n) is 5.69. The molecule has 0 saturated carbocycles. The minimum Gasteiger partial charge on any atom is -0.493 e. The molecule has 0 bridgehead atoms. The summed E-state index contributed by atoms with van der Waals surface area (Å²) in [6.07, 6.45) is -0.371. The van der Waals surface area contributed by atoms with Crippen molar-refractivity contribution >= 4 is 22.7 Å². The molecule has 1 aromatic heterocycles. The molecule has 24 heavy (non-hydrogen) atoms. The Kier molecular flexibility index (Phi) is 4.29. The number of nitrogens with zero attached hydrogens (tertiary/aromatic N) is 3. The molecule has 2 heterocycles. The zero-order valence-corrected chi connectivity index (χ0v) is 13.9. The van der Waals surface area contributed by atoms with Gasteiger partial charge in [-0.3, -0.25) is 0 Å². The van der Waals surface area contributed by atoms with Gasteiger partial charge >= 0.3 is 0 Å². The Hall–Kier alpha value is -2.38. The number of alkyl halides is 2. The summed E-state index contributed by atoms with van der Waals surface area (Å²) < 4.78 is 37.4. The van der Waals surface area contributed by atoms with Crippen LogP contribution in [0.5, 0.6) is 11.5 Å². The van der Waals surface area contributed by atoms with E-state index >= 15 is 0 Å². The van der Waals surface area contributed by atoms with Crippen molar-refractivity contribution < 1.29 is 18.3 Å². The topological polar surface area (TPSA) is 59.5 Å². The number of hydrogen-bond donors (Lipinski definition) is 1. The number of benzene rings is 1. The van der Waals surface area contributed by atoms with E-state index in [1.54, 1.807) is 38.3 Å². The van der Waals surface area contributed by atoms with Crippen LogP contribution in [-0.4, -0.2) is 50.2 Å². The fraction of sp³-hybridized carbons (Fsp3) is 0.500. The lowest BCUT2D eigenvalue weighted by atomic mass is 10.1. The van der Waals surface area contributed by atoms with Crippen LogP contribution in [0, 0.1) is 0 Å². The van der Waals surface area contributed by atoms with Crippen LogP contribution < -0.4 is 19.7 Å². The second-order valence-corrected chi connectivity index (χ2v) is 5.69. The molecule has 1 fully saturated rings. The number of aromatic nitrogens is 2. The van der Waals surface area contributed by atoms with E-state index in [1.807, 2.05) is 0 Å². The van der Waals surface area contributed by atoms with Crippen molar-refractivity contribution in [1.29, 1.82) is 0 Å². The number of halogens is 2. The Morgan fingerprint density at radius 3 is 2.29 bits per heavy atom. The van der Waals surface area contributed by atoms with Gasteiger partial charge in [0.1, 0.15) is 5.82 Å². The van der Waals surface area contributed by atoms with E-state index in [9.17, 15) is 8.78 Å². The van der Waals surface area contributed by atoms with Gasteiger partial charge in [-0.15, -0.1) is 0 Å². The third-order valence-corrected chi connectivity index (χ3v) is 4.20. The fourth-order valence-corrected chi connectivity index (χ4v) is 2.81. The van der Waals surface area contributed by atoms with Crippen LogP contribution in [-0.2, 0) is 0 Å². The van der Waals surface area contributed by atoms with Crippen molar-refractivity contribution in [2.45, 2.75) is 18.8 Å². The number of piperidine rings is 1. The monoisotopic (exact) mass is 338 g/mol. The Bertz CT molecular complexity index is 744. The molecule has 0 aliphatic carbocycles. The van der Waals surface area contributed by atoms with Gasteiger partial charge in [0, 0.05) is 44.4 Å². The molecular weight excluding hydrogens is 318 g/mol. The van der Waals surface area contributed by atoms with Crippen molar-refractivity contribution in [2.75, 3.05) is 44.6 Å². The van der Waals surface area contributed by atoms with Crippen molar-refractivity contribution in [3.63, 3.8) is 0 Å². The largest absolute Gasteiger partial charge is 0.493 e. The smallest absolute Gasteiger partial charge is 0.251 e. The number of methoxy groups -OCH3 is 2. The lowest BCUT2D eigenvalue weighted by Crippen LogP contribution is -2.40. The number of rotatable bonds is 4. The van der Waals surface area contributed by atoms with Crippen LogP contribution in [0.2, 0.25) is 0 Å². The highest BCUT2D eigenvalue weighted by molar-refractivity contribution is 5.92. The Morgan fingerprint density at radius 2 is 1.71 bits per heavy atom. The number of hydrogen-bond acceptors (Lipinski definition) is 6. The second kappa shape index (κ2) is 6.26. The van der Waals surface area contributed by atoms with E-state index in [0.29, 0.717) is 28.8 Å². The lowest BCUT2D eigenvalue weighted by Gasteiger charge is -2.32. The molecule has 0 unspecified atom stereocenters. The van der Waals surface area contributed by atoms with Crippen molar-refractivity contribution in [1.82, 2.24) is 9.97 Å². The fourth-order valence-electron chi connectivity index (χ4n) is 2.81. The molecule has 1 N–H and O–H groups in total. The summed E-state index contributed by atoms with van der Waals surface area (Å²) in [5.74, 6) is -0.407. The highest BCUT2D eigenvalue weighted by atomic mass is 19.3. The molecule has 0 radical (unpaired) electrons. The SMILES string of the molecule is CNc1nc(N2CCC(F)(F)CC2)nc2cc(OC)c(OC)cc12. The molecule has 0 spiro atoms. The number of nitrogens with one attached hydrogen (secondary N) is 1. The molecule has 1 aliphatic rings. The van der Waals surface area contributed by atoms with Crippen molar-refractivity contribution in [3.05, 3.63) is 12.1 Å². The molecule has 0 atom stereocenters. The minimum absolute atomic E-state index is 0.185. The Morgan fingerprint density at radius 1 is 1.08 bits per heavy atom. The van der Waals surface area contributed by atoms with Gasteiger partial charge in [-0.2, -0.15) is 4.98 Å². The first kappa shape index (κ1) is 16.5. The highest BCUT2D eigenvalue weighted by Gasteiger charge is 2.35. The van der Waals surface area contributed by atoms with Gasteiger partial charge in [0.05, 0.1) is 19.7 Å². The molecule has 0 amide bonds. The van der Waals surface area contributed by atoms with Gasteiger partial charge in [-0.25, -0.2) is 13.8 Å². The zero-order valence-electron chi connectivity index (χ0n) is 13.9. The standard InChI is InChI=1S/C16H20F2N4O2/c1-19-14-10-8-12(23-2)13(24-3)9-11(10)20-15(21-14)22-6-4-16(17,18)5-7-22/h8-9H,4-7H2,1-3H3,(H,19,20,21). The van der Waals surface area contributed by atoms with Crippen LogP contribution in [0.15, 0.2) is 12.1 Å². The molecular formula is C16H20F2N4O2. The van der Waals surface area contributed by atoms with E-state index in [4.69, 9.17) is 9.47 Å². The molecule has 1 aliphatic heterocycles. The maximum Gasteiger partial charge on any atom is 0.251 e. The van der Waals surface area contributed by atoms with E-state index in [-0.39, 0.29) is 25.9 Å². The normalized spacial score (nSPS) is 17.0. The summed E-state index contributed by atoms with van der Waals surface area (Å²) in [5.41, 5.74) is 0.666. The molecule has 2 aromatic rings. The lowest BCUT2D eigenvalue weighted by molar-refractivity contribution is -0.0222. The molecule has 8 heteroatoms. The van der Waals surface area contributed by atoms with E-state index in [1.165, 1.54) is 0 Å². The van der Waals surface area contributed by atoms with E-state index in [2.05, 4.69) is 15.3 Å². The Balaban J connectivity index is 2.04. The maximum atomic E-state index is 13.4. The third kappa shape index (κ3) is 3.00. The number of anilines is 2. The molecule has 6 nitrogen and oxygen atoms in total. The highest BCUT2D eigenvalue weighted by Crippen LogP contribution is 2.36.